The number of ether oxygens (including phenoxy) is 1. The van der Waals surface area contributed by atoms with Crippen LogP contribution in [0.1, 0.15) is 23.2 Å². The predicted molar refractivity (Wildman–Crippen MR) is 109 cm³/mol. The van der Waals surface area contributed by atoms with Gasteiger partial charge in [0.1, 0.15) is 0 Å². The van der Waals surface area contributed by atoms with E-state index in [9.17, 15) is 4.79 Å². The maximum Gasteiger partial charge on any atom is 0.253 e. The molecule has 0 spiro atoms. The smallest absolute Gasteiger partial charge is 0.253 e. The summed E-state index contributed by atoms with van der Waals surface area (Å²) in [5.41, 5.74) is 1.83. The molecule has 1 N–H and O–H groups in total. The number of carbonyl (C=O) groups excluding carboxylic acids is 1. The van der Waals surface area contributed by atoms with E-state index in [0.29, 0.717) is 6.54 Å². The number of amides is 1. The number of nitrogens with zero attached hydrogens (tertiary/aromatic N) is 3. The molecular formula is C21H32N4O2. The van der Waals surface area contributed by atoms with E-state index in [0.717, 1.165) is 55.6 Å². The topological polar surface area (TPSA) is 49.7 Å². The Labute approximate surface area is 162 Å². The Morgan fingerprint density at radius 1 is 1.19 bits per heavy atom. The van der Waals surface area contributed by atoms with Crippen molar-refractivity contribution in [1.29, 1.82) is 0 Å². The first-order valence-electron chi connectivity index (χ1n) is 9.69. The number of nitrogens with one attached hydrogen (secondary N) is 1. The Morgan fingerprint density at radius 2 is 1.89 bits per heavy atom. The molecule has 0 saturated carbocycles. The van der Waals surface area contributed by atoms with Crippen LogP contribution in [0, 0.1) is 0 Å². The Hall–Kier alpha value is -1.89. The van der Waals surface area contributed by atoms with Crippen LogP contribution in [0.4, 0.5) is 0 Å². The van der Waals surface area contributed by atoms with Gasteiger partial charge in [0.2, 0.25) is 0 Å². The van der Waals surface area contributed by atoms with Gasteiger partial charge in [0, 0.05) is 55.5 Å². The van der Waals surface area contributed by atoms with Crippen molar-refractivity contribution in [3.63, 3.8) is 0 Å². The summed E-state index contributed by atoms with van der Waals surface area (Å²) >= 11 is 0. The van der Waals surface area contributed by atoms with Crippen LogP contribution in [0.3, 0.4) is 0 Å². The number of hydrogen-bond donors (Lipinski definition) is 1. The van der Waals surface area contributed by atoms with E-state index in [1.54, 1.807) is 0 Å². The lowest BCUT2D eigenvalue weighted by atomic mass is 9.88. The fraction of sp³-hybridized carbons (Fsp3) is 0.571. The van der Waals surface area contributed by atoms with E-state index in [-0.39, 0.29) is 11.4 Å². The fourth-order valence-electron chi connectivity index (χ4n) is 3.79. The summed E-state index contributed by atoms with van der Waals surface area (Å²) in [6.45, 7) is 3.93. The number of para-hydroxylation sites is 1. The third-order valence-corrected chi connectivity index (χ3v) is 5.77. The van der Waals surface area contributed by atoms with Crippen LogP contribution in [0.5, 0.6) is 0 Å². The molecule has 148 valence electrons. The second-order valence-electron chi connectivity index (χ2n) is 7.97. The zero-order valence-electron chi connectivity index (χ0n) is 17.0. The van der Waals surface area contributed by atoms with Crippen LogP contribution in [0.15, 0.2) is 30.5 Å². The lowest BCUT2D eigenvalue weighted by molar-refractivity contribution is -0.00657. The van der Waals surface area contributed by atoms with Crippen molar-refractivity contribution in [2.45, 2.75) is 24.9 Å². The lowest BCUT2D eigenvalue weighted by Crippen LogP contribution is -2.55. The Bertz CT molecular complexity index is 776. The van der Waals surface area contributed by atoms with Gasteiger partial charge >= 0.3 is 0 Å². The SMILES string of the molecule is CN(C)CCn1cc(C(=O)NCC2(N(C)C)CCOCC2)c2ccccc21. The number of benzene rings is 1. The lowest BCUT2D eigenvalue weighted by Gasteiger charge is -2.42. The van der Waals surface area contributed by atoms with Crippen LogP contribution in [0.2, 0.25) is 0 Å². The molecular weight excluding hydrogens is 340 g/mol. The molecule has 0 atom stereocenters. The van der Waals surface area contributed by atoms with Crippen molar-refractivity contribution in [1.82, 2.24) is 19.7 Å². The first-order valence-corrected chi connectivity index (χ1v) is 9.69. The minimum atomic E-state index is -0.0306. The van der Waals surface area contributed by atoms with E-state index in [2.05, 4.69) is 53.9 Å². The molecule has 27 heavy (non-hydrogen) atoms. The molecule has 1 aliphatic rings. The summed E-state index contributed by atoms with van der Waals surface area (Å²) in [6.07, 6.45) is 3.87. The molecule has 0 aliphatic carbocycles. The molecule has 1 aromatic heterocycles. The number of fused-ring (bicyclic) bond motifs is 1. The summed E-state index contributed by atoms with van der Waals surface area (Å²) in [5.74, 6) is 0.00233. The zero-order chi connectivity index (χ0) is 19.4. The van der Waals surface area contributed by atoms with Gasteiger partial charge in [-0.05, 0) is 47.1 Å². The average molecular weight is 373 g/mol. The molecule has 6 nitrogen and oxygen atoms in total. The molecule has 1 aromatic carbocycles. The van der Waals surface area contributed by atoms with Gasteiger partial charge in [-0.1, -0.05) is 18.2 Å². The van der Waals surface area contributed by atoms with Gasteiger partial charge in [0.15, 0.2) is 0 Å². The van der Waals surface area contributed by atoms with Crippen LogP contribution >= 0.6 is 0 Å². The van der Waals surface area contributed by atoms with Gasteiger partial charge in [0.25, 0.3) is 5.91 Å². The molecule has 2 heterocycles. The molecule has 2 aromatic rings. The highest BCUT2D eigenvalue weighted by Crippen LogP contribution is 2.26. The summed E-state index contributed by atoms with van der Waals surface area (Å²) < 4.78 is 7.71. The van der Waals surface area contributed by atoms with Gasteiger partial charge in [-0.25, -0.2) is 0 Å². The molecule has 1 amide bonds. The van der Waals surface area contributed by atoms with Crippen molar-refractivity contribution in [2.75, 3.05) is 54.5 Å². The average Bonchev–Trinajstić information content (AvgIpc) is 3.04. The van der Waals surface area contributed by atoms with Gasteiger partial charge in [-0.15, -0.1) is 0 Å². The number of hydrogen-bond acceptors (Lipinski definition) is 4. The molecule has 0 unspecified atom stereocenters. The van der Waals surface area contributed by atoms with Crippen LogP contribution in [-0.4, -0.2) is 80.3 Å². The van der Waals surface area contributed by atoms with E-state index >= 15 is 0 Å². The molecule has 6 heteroatoms. The van der Waals surface area contributed by atoms with Crippen LogP contribution in [0.25, 0.3) is 10.9 Å². The molecule has 1 saturated heterocycles. The van der Waals surface area contributed by atoms with E-state index < -0.39 is 0 Å². The van der Waals surface area contributed by atoms with Gasteiger partial charge < -0.3 is 24.4 Å². The number of rotatable bonds is 7. The Kier molecular flexibility index (Phi) is 6.19. The summed E-state index contributed by atoms with van der Waals surface area (Å²) in [4.78, 5) is 17.4. The second kappa shape index (κ2) is 8.42. The minimum Gasteiger partial charge on any atom is -0.381 e. The molecule has 1 aliphatic heterocycles. The minimum absolute atomic E-state index is 0.00233. The van der Waals surface area contributed by atoms with Crippen molar-refractivity contribution >= 4 is 16.8 Å². The maximum atomic E-state index is 13.0. The van der Waals surface area contributed by atoms with Crippen molar-refractivity contribution < 1.29 is 9.53 Å². The first-order chi connectivity index (χ1) is 12.9. The van der Waals surface area contributed by atoms with Crippen LogP contribution < -0.4 is 5.32 Å². The van der Waals surface area contributed by atoms with Gasteiger partial charge in [0.05, 0.1) is 5.56 Å². The third-order valence-electron chi connectivity index (χ3n) is 5.77. The van der Waals surface area contributed by atoms with Gasteiger partial charge in [-0.3, -0.25) is 4.79 Å². The molecule has 0 bridgehead atoms. The fourth-order valence-corrected chi connectivity index (χ4v) is 3.79. The second-order valence-corrected chi connectivity index (χ2v) is 7.97. The molecule has 1 fully saturated rings. The number of carbonyl (C=O) groups is 1. The maximum absolute atomic E-state index is 13.0. The highest BCUT2D eigenvalue weighted by Gasteiger charge is 2.35. The first kappa shape index (κ1) is 19.9. The standard InChI is InChI=1S/C21H32N4O2/c1-23(2)11-12-25-15-18(17-7-5-6-8-19(17)25)20(26)22-16-21(24(3)4)9-13-27-14-10-21/h5-8,15H,9-14,16H2,1-4H3,(H,22,26). The van der Waals surface area contributed by atoms with E-state index in [1.165, 1.54) is 0 Å². The molecule has 0 radical (unpaired) electrons. The quantitative estimate of drug-likeness (QED) is 0.808. The third kappa shape index (κ3) is 4.34. The zero-order valence-corrected chi connectivity index (χ0v) is 17.0. The van der Waals surface area contributed by atoms with E-state index in [1.807, 2.05) is 24.4 Å². The number of likely N-dealkylation sites (N-methyl/N-ethyl adjacent to an activating group) is 2. The summed E-state index contributed by atoms with van der Waals surface area (Å²) in [7, 11) is 8.30. The van der Waals surface area contributed by atoms with Crippen molar-refractivity contribution in [3.05, 3.63) is 36.0 Å². The van der Waals surface area contributed by atoms with Gasteiger partial charge in [-0.2, -0.15) is 0 Å². The van der Waals surface area contributed by atoms with E-state index in [4.69, 9.17) is 4.74 Å². The highest BCUT2D eigenvalue weighted by molar-refractivity contribution is 6.07. The largest absolute Gasteiger partial charge is 0.381 e. The highest BCUT2D eigenvalue weighted by atomic mass is 16.5. The summed E-state index contributed by atoms with van der Waals surface area (Å²) in [6, 6.07) is 8.14. The normalized spacial score (nSPS) is 17.0. The predicted octanol–water partition coefficient (Wildman–Crippen LogP) is 2.04. The van der Waals surface area contributed by atoms with Crippen molar-refractivity contribution in [2.24, 2.45) is 0 Å². The number of aromatic nitrogens is 1. The Morgan fingerprint density at radius 3 is 2.56 bits per heavy atom. The van der Waals surface area contributed by atoms with Crippen molar-refractivity contribution in [3.8, 4) is 0 Å². The molecule has 3 rings (SSSR count). The Balaban J connectivity index is 1.79. The summed E-state index contributed by atoms with van der Waals surface area (Å²) in [5, 5.41) is 4.21. The van der Waals surface area contributed by atoms with Crippen LogP contribution in [-0.2, 0) is 11.3 Å². The monoisotopic (exact) mass is 372 g/mol.